The topological polar surface area (TPSA) is 58.6 Å². The quantitative estimate of drug-likeness (QED) is 0.871. The molecule has 0 spiro atoms. The van der Waals surface area contributed by atoms with Crippen LogP contribution in [0.3, 0.4) is 0 Å². The van der Waals surface area contributed by atoms with Crippen LogP contribution in [-0.2, 0) is 14.9 Å². The Hall–Kier alpha value is -0.950. The molecule has 1 fully saturated rings. The molecule has 1 aliphatic heterocycles. The average Bonchev–Trinajstić information content (AvgIpc) is 2.48. The second-order valence-corrected chi connectivity index (χ2v) is 7.70. The highest BCUT2D eigenvalue weighted by molar-refractivity contribution is 7.87. The normalized spacial score (nSPS) is 25.0. The largest absolute Gasteiger partial charge is 0.373 e. The van der Waals surface area contributed by atoms with Crippen LogP contribution in [0.5, 0.6) is 0 Å². The van der Waals surface area contributed by atoms with Crippen molar-refractivity contribution in [1.29, 1.82) is 0 Å². The maximum atomic E-state index is 12.5. The third kappa shape index (κ3) is 4.52. The molecule has 0 aromatic heterocycles. The molecule has 1 aromatic rings. The standard InChI is InChI=1S/C16H26N2O3S/c1-4-15(16-8-6-5-7-9-16)10-17-22(19,20)18-11-13(2)21-14(3)12-18/h5-9,13-15,17H,4,10-12H2,1-3H3/t13-,14-,15+/m0/s1. The monoisotopic (exact) mass is 326 g/mol. The maximum Gasteiger partial charge on any atom is 0.279 e. The average molecular weight is 326 g/mol. The van der Waals surface area contributed by atoms with Gasteiger partial charge in [-0.15, -0.1) is 0 Å². The second-order valence-electron chi connectivity index (χ2n) is 5.94. The summed E-state index contributed by atoms with van der Waals surface area (Å²) in [5, 5.41) is 0. The predicted molar refractivity (Wildman–Crippen MR) is 88.0 cm³/mol. The van der Waals surface area contributed by atoms with Gasteiger partial charge in [-0.2, -0.15) is 12.7 Å². The van der Waals surface area contributed by atoms with E-state index in [1.807, 2.05) is 44.2 Å². The van der Waals surface area contributed by atoms with Crippen molar-refractivity contribution in [2.24, 2.45) is 0 Å². The van der Waals surface area contributed by atoms with Crippen molar-refractivity contribution < 1.29 is 13.2 Å². The van der Waals surface area contributed by atoms with E-state index in [0.717, 1.165) is 12.0 Å². The van der Waals surface area contributed by atoms with Crippen LogP contribution < -0.4 is 4.72 Å². The number of hydrogen-bond donors (Lipinski definition) is 1. The molecule has 0 saturated carbocycles. The SMILES string of the molecule is CC[C@H](CNS(=O)(=O)N1C[C@H](C)O[C@@H](C)C1)c1ccccc1. The van der Waals surface area contributed by atoms with Gasteiger partial charge in [-0.1, -0.05) is 37.3 Å². The van der Waals surface area contributed by atoms with Crippen LogP contribution in [0.25, 0.3) is 0 Å². The Morgan fingerprint density at radius 3 is 2.36 bits per heavy atom. The lowest BCUT2D eigenvalue weighted by Gasteiger charge is -2.34. The van der Waals surface area contributed by atoms with Crippen molar-refractivity contribution in [3.63, 3.8) is 0 Å². The van der Waals surface area contributed by atoms with Crippen LogP contribution in [0.4, 0.5) is 0 Å². The molecule has 1 N–H and O–H groups in total. The van der Waals surface area contributed by atoms with Crippen LogP contribution in [0, 0.1) is 0 Å². The van der Waals surface area contributed by atoms with Crippen molar-refractivity contribution in [1.82, 2.24) is 9.03 Å². The minimum atomic E-state index is -3.46. The molecule has 124 valence electrons. The Bertz CT molecular complexity index is 552. The van der Waals surface area contributed by atoms with E-state index in [0.29, 0.717) is 19.6 Å². The summed E-state index contributed by atoms with van der Waals surface area (Å²) < 4.78 is 34.8. The fourth-order valence-electron chi connectivity index (χ4n) is 2.85. The molecule has 1 aliphatic rings. The van der Waals surface area contributed by atoms with Gasteiger partial charge in [-0.3, -0.25) is 0 Å². The zero-order valence-electron chi connectivity index (χ0n) is 13.5. The fraction of sp³-hybridized carbons (Fsp3) is 0.625. The first kappa shape index (κ1) is 17.4. The number of nitrogens with one attached hydrogen (secondary N) is 1. The van der Waals surface area contributed by atoms with E-state index >= 15 is 0 Å². The molecule has 0 aliphatic carbocycles. The van der Waals surface area contributed by atoms with E-state index in [9.17, 15) is 8.42 Å². The molecule has 1 saturated heterocycles. The summed E-state index contributed by atoms with van der Waals surface area (Å²) in [5.41, 5.74) is 1.16. The van der Waals surface area contributed by atoms with Gasteiger partial charge in [0.05, 0.1) is 12.2 Å². The van der Waals surface area contributed by atoms with Gasteiger partial charge in [0.25, 0.3) is 10.2 Å². The van der Waals surface area contributed by atoms with Crippen LogP contribution in [0.15, 0.2) is 30.3 Å². The molecule has 0 bridgehead atoms. The third-order valence-corrected chi connectivity index (χ3v) is 5.51. The van der Waals surface area contributed by atoms with Crippen molar-refractivity contribution in [3.8, 4) is 0 Å². The lowest BCUT2D eigenvalue weighted by Crippen LogP contribution is -2.52. The number of benzene rings is 1. The van der Waals surface area contributed by atoms with Gasteiger partial charge >= 0.3 is 0 Å². The number of rotatable bonds is 6. The van der Waals surface area contributed by atoms with Gasteiger partial charge in [-0.05, 0) is 31.7 Å². The molecule has 1 heterocycles. The highest BCUT2D eigenvalue weighted by Gasteiger charge is 2.31. The Kier molecular flexibility index (Phi) is 5.97. The minimum absolute atomic E-state index is 0.0728. The number of nitrogens with zero attached hydrogens (tertiary/aromatic N) is 1. The summed E-state index contributed by atoms with van der Waals surface area (Å²) in [4.78, 5) is 0. The molecule has 22 heavy (non-hydrogen) atoms. The van der Waals surface area contributed by atoms with E-state index in [1.165, 1.54) is 4.31 Å². The summed E-state index contributed by atoms with van der Waals surface area (Å²) in [5.74, 6) is 0.187. The first-order valence-electron chi connectivity index (χ1n) is 7.87. The highest BCUT2D eigenvalue weighted by Crippen LogP contribution is 2.19. The van der Waals surface area contributed by atoms with E-state index in [4.69, 9.17) is 4.74 Å². The van der Waals surface area contributed by atoms with E-state index in [1.54, 1.807) is 0 Å². The van der Waals surface area contributed by atoms with E-state index in [-0.39, 0.29) is 18.1 Å². The number of ether oxygens (including phenoxy) is 1. The van der Waals surface area contributed by atoms with Gasteiger partial charge in [0, 0.05) is 19.6 Å². The van der Waals surface area contributed by atoms with Crippen LogP contribution >= 0.6 is 0 Å². The van der Waals surface area contributed by atoms with Gasteiger partial charge < -0.3 is 4.74 Å². The fourth-order valence-corrected chi connectivity index (χ4v) is 4.25. The molecule has 0 unspecified atom stereocenters. The van der Waals surface area contributed by atoms with Gasteiger partial charge in [0.2, 0.25) is 0 Å². The minimum Gasteiger partial charge on any atom is -0.373 e. The van der Waals surface area contributed by atoms with Crippen LogP contribution in [0.2, 0.25) is 0 Å². The van der Waals surface area contributed by atoms with E-state index < -0.39 is 10.2 Å². The predicted octanol–water partition coefficient (Wildman–Crippen LogP) is 2.12. The molecular formula is C16H26N2O3S. The molecule has 6 heteroatoms. The zero-order valence-corrected chi connectivity index (χ0v) is 14.3. The van der Waals surface area contributed by atoms with E-state index in [2.05, 4.69) is 11.6 Å². The Morgan fingerprint density at radius 2 is 1.82 bits per heavy atom. The Labute approximate surface area is 133 Å². The molecule has 5 nitrogen and oxygen atoms in total. The Balaban J connectivity index is 1.99. The van der Waals surface area contributed by atoms with Gasteiger partial charge in [-0.25, -0.2) is 4.72 Å². The molecule has 0 amide bonds. The first-order valence-corrected chi connectivity index (χ1v) is 9.31. The highest BCUT2D eigenvalue weighted by atomic mass is 32.2. The summed E-state index contributed by atoms with van der Waals surface area (Å²) in [6.07, 6.45) is 0.746. The summed E-state index contributed by atoms with van der Waals surface area (Å²) in [7, 11) is -3.46. The van der Waals surface area contributed by atoms with Crippen molar-refractivity contribution in [3.05, 3.63) is 35.9 Å². The molecule has 1 aromatic carbocycles. The van der Waals surface area contributed by atoms with Gasteiger partial charge in [0.1, 0.15) is 0 Å². The molecule has 3 atom stereocenters. The van der Waals surface area contributed by atoms with Crippen molar-refractivity contribution in [2.75, 3.05) is 19.6 Å². The molecule has 0 radical (unpaired) electrons. The first-order chi connectivity index (χ1) is 10.4. The summed E-state index contributed by atoms with van der Waals surface area (Å²) in [6, 6.07) is 10.0. The van der Waals surface area contributed by atoms with Crippen molar-refractivity contribution in [2.45, 2.75) is 45.3 Å². The van der Waals surface area contributed by atoms with Gasteiger partial charge in [0.15, 0.2) is 0 Å². The summed E-state index contributed by atoms with van der Waals surface area (Å²) >= 11 is 0. The Morgan fingerprint density at radius 1 is 1.23 bits per heavy atom. The molecule has 2 rings (SSSR count). The third-order valence-electron chi connectivity index (χ3n) is 4.00. The lowest BCUT2D eigenvalue weighted by molar-refractivity contribution is -0.0443. The lowest BCUT2D eigenvalue weighted by atomic mass is 9.97. The van der Waals surface area contributed by atoms with Crippen LogP contribution in [-0.4, -0.2) is 44.6 Å². The number of morpholine rings is 1. The molecular weight excluding hydrogens is 300 g/mol. The van der Waals surface area contributed by atoms with Crippen molar-refractivity contribution >= 4 is 10.2 Å². The second kappa shape index (κ2) is 7.55. The maximum absolute atomic E-state index is 12.5. The number of hydrogen-bond acceptors (Lipinski definition) is 3. The smallest absolute Gasteiger partial charge is 0.279 e. The van der Waals surface area contributed by atoms with Crippen LogP contribution in [0.1, 0.15) is 38.7 Å². The zero-order chi connectivity index (χ0) is 16.2. The summed E-state index contributed by atoms with van der Waals surface area (Å²) in [6.45, 7) is 7.10.